The van der Waals surface area contributed by atoms with E-state index in [4.69, 9.17) is 45.6 Å². The van der Waals surface area contributed by atoms with E-state index in [0.717, 1.165) is 22.3 Å². The molecule has 0 saturated heterocycles. The predicted molar refractivity (Wildman–Crippen MR) is 399 cm³/mol. The number of allylic oxidation sites excluding steroid dienone is 15. The van der Waals surface area contributed by atoms with Crippen molar-refractivity contribution in [1.82, 2.24) is 0 Å². The Morgan fingerprint density at radius 2 is 0.817 bits per heavy atom. The Hall–Kier alpha value is -11.0. The quantitative estimate of drug-likeness (QED) is 0.0695. The van der Waals surface area contributed by atoms with Crippen LogP contribution in [0.5, 0.6) is 11.5 Å². The van der Waals surface area contributed by atoms with Gasteiger partial charge in [-0.3, -0.25) is 38.4 Å². The first-order chi connectivity index (χ1) is 49.7. The third-order valence-electron chi connectivity index (χ3n) is 19.6. The zero-order valence-corrected chi connectivity index (χ0v) is 60.0. The second-order valence-corrected chi connectivity index (χ2v) is 29.3. The lowest BCUT2D eigenvalue weighted by Crippen LogP contribution is -2.22. The van der Waals surface area contributed by atoms with Crippen LogP contribution in [0.15, 0.2) is 157 Å². The average molecular weight is 1410 g/mol. The Morgan fingerprint density at radius 3 is 1.22 bits per heavy atom. The maximum atomic E-state index is 14.6. The molecule has 4 bridgehead atoms. The van der Waals surface area contributed by atoms with Gasteiger partial charge < -0.3 is 72.3 Å². The van der Waals surface area contributed by atoms with Crippen LogP contribution >= 0.6 is 0 Å². The molecule has 22 nitrogen and oxygen atoms in total. The highest BCUT2D eigenvalue weighted by Gasteiger charge is 2.53. The van der Waals surface area contributed by atoms with Crippen molar-refractivity contribution in [2.24, 2.45) is 64.5 Å². The van der Waals surface area contributed by atoms with E-state index >= 15 is 0 Å². The van der Waals surface area contributed by atoms with E-state index in [1.165, 1.54) is 20.3 Å². The van der Waals surface area contributed by atoms with Gasteiger partial charge in [0.05, 0.1) is 122 Å². The van der Waals surface area contributed by atoms with Gasteiger partial charge in [0.1, 0.15) is 11.5 Å². The van der Waals surface area contributed by atoms with Crippen LogP contribution in [0.3, 0.4) is 0 Å². The monoisotopic (exact) mass is 1410 g/mol. The zero-order chi connectivity index (χ0) is 74.3. The molecule has 4 aromatic carbocycles. The Kier molecular flexibility index (Phi) is 22.6. The molecule has 4 amide bonds. The topological polar surface area (TPSA) is 342 Å². The number of nitrogens with two attached hydrogens (primary N) is 3. The first kappa shape index (κ1) is 74.2. The summed E-state index contributed by atoms with van der Waals surface area (Å²) in [6, 6.07) is 21.5. The van der Waals surface area contributed by atoms with Gasteiger partial charge in [0.25, 0.3) is 0 Å². The lowest BCUT2D eigenvalue weighted by Gasteiger charge is -2.26. The highest BCUT2D eigenvalue weighted by molar-refractivity contribution is 6.32. The number of fused-ring (bicyclic) bond motifs is 18. The Balaban J connectivity index is 1.18. The fourth-order valence-electron chi connectivity index (χ4n) is 13.1. The second kappa shape index (κ2) is 31.7. The molecule has 4 aliphatic heterocycles. The van der Waals surface area contributed by atoms with Crippen molar-refractivity contribution in [2.75, 3.05) is 61.9 Å². The van der Waals surface area contributed by atoms with E-state index in [0.29, 0.717) is 48.3 Å². The van der Waals surface area contributed by atoms with Crippen LogP contribution in [0.4, 0.5) is 22.7 Å². The number of anilines is 4. The molecule has 0 aromatic heterocycles. The van der Waals surface area contributed by atoms with Crippen molar-refractivity contribution in [1.29, 1.82) is 5.41 Å². The number of hydrogen-bond acceptors (Lipinski definition) is 18. The summed E-state index contributed by atoms with van der Waals surface area (Å²) in [5, 5.41) is 22.4. The van der Waals surface area contributed by atoms with Crippen LogP contribution in [0.2, 0.25) is 0 Å². The summed E-state index contributed by atoms with van der Waals surface area (Å²) in [4.78, 5) is 113. The van der Waals surface area contributed by atoms with Gasteiger partial charge in [-0.1, -0.05) is 120 Å². The van der Waals surface area contributed by atoms with Gasteiger partial charge in [-0.05, 0) is 157 Å². The number of carbonyl (C=O) groups is 8. The van der Waals surface area contributed by atoms with E-state index in [-0.39, 0.29) is 137 Å². The minimum atomic E-state index is -0.826. The van der Waals surface area contributed by atoms with Crippen LogP contribution in [0.1, 0.15) is 133 Å². The lowest BCUT2D eigenvalue weighted by atomic mass is 9.78. The van der Waals surface area contributed by atoms with E-state index in [1.807, 2.05) is 12.2 Å². The molecule has 13 rings (SSSR count). The van der Waals surface area contributed by atoms with E-state index in [9.17, 15) is 43.8 Å². The summed E-state index contributed by atoms with van der Waals surface area (Å²) in [5.74, 6) is -10.1. The standard InChI is InChI=1S/C82H92N8O14/c1-81(2,3)48-38-47(39-49(40-48)82(4,5)6)45-20-13-24-58(83)69-60(85)26-15-22-46(68-66(99-7)32-19-33-67(68)100-8)23-16-27-61(86)70(59(84)25-14-21-45)72-63-29-18-31-65(72)90-76(94)53-44-57(53)80(98)104-37-12-11-36-103-79(97)56-43-52(56)75(93)89-64-30-17-28-62(71(64)69)87-73(91)50-41-54(50)77(95)101-34-9-10-35-102-78(96)55-42-51(55)74(92)88-63/h13-20,22-33,38-40,50-57,85H,9-12,21,34-37,41-44,83-84,86H2,1-8H3,(H,87,91)(H,88,92)(H,89,93)(H,90,94)/b23-16?,24-13?,25-14?,26-15?,45-20?,46-22?,61-27?,69-58+,70-59+,85-60?. The van der Waals surface area contributed by atoms with Gasteiger partial charge >= 0.3 is 23.9 Å². The molecule has 22 heteroatoms. The third kappa shape index (κ3) is 17.5. The molecule has 4 saturated carbocycles. The smallest absolute Gasteiger partial charge is 0.309 e. The molecule has 0 spiro atoms. The number of hydrogen-bond donors (Lipinski definition) is 8. The molecule has 11 N–H and O–H groups in total. The molecule has 104 heavy (non-hydrogen) atoms. The number of esters is 4. The maximum absolute atomic E-state index is 14.6. The molecule has 4 heterocycles. The van der Waals surface area contributed by atoms with Crippen LogP contribution in [-0.2, 0) is 68.1 Å². The van der Waals surface area contributed by atoms with Gasteiger partial charge in [-0.15, -0.1) is 0 Å². The normalized spacial score (nSPS) is 25.7. The Morgan fingerprint density at radius 1 is 0.442 bits per heavy atom. The highest BCUT2D eigenvalue weighted by Crippen LogP contribution is 2.48. The van der Waals surface area contributed by atoms with Crippen molar-refractivity contribution in [3.8, 4) is 11.5 Å². The molecular formula is C82H92N8O14. The van der Waals surface area contributed by atoms with Crippen LogP contribution < -0.4 is 47.9 Å². The van der Waals surface area contributed by atoms with E-state index < -0.39 is 94.8 Å². The number of methoxy groups -OCH3 is 2. The summed E-state index contributed by atoms with van der Waals surface area (Å²) in [7, 11) is 3.02. The number of benzene rings is 4. The predicted octanol–water partition coefficient (Wildman–Crippen LogP) is 12.1. The third-order valence-corrected chi connectivity index (χ3v) is 19.6. The molecular weight excluding hydrogens is 1320 g/mol. The molecule has 8 unspecified atom stereocenters. The summed E-state index contributed by atoms with van der Waals surface area (Å²) in [6.07, 6.45) is 20.8. The summed E-state index contributed by atoms with van der Waals surface area (Å²) in [6.45, 7) is 12.7. The van der Waals surface area contributed by atoms with Gasteiger partial charge in [0.15, 0.2) is 0 Å². The number of rotatable bonds is 4. The second-order valence-electron chi connectivity index (χ2n) is 29.3. The van der Waals surface area contributed by atoms with Gasteiger partial charge in [0.2, 0.25) is 23.6 Å². The van der Waals surface area contributed by atoms with Gasteiger partial charge in [-0.25, -0.2) is 0 Å². The largest absolute Gasteiger partial charge is 0.496 e. The highest BCUT2D eigenvalue weighted by atomic mass is 16.5. The fourth-order valence-corrected chi connectivity index (χ4v) is 13.1. The van der Waals surface area contributed by atoms with Crippen LogP contribution in [0, 0.1) is 52.8 Å². The van der Waals surface area contributed by atoms with E-state index in [2.05, 4.69) is 81.0 Å². The molecule has 9 aliphatic rings. The zero-order valence-electron chi connectivity index (χ0n) is 60.0. The van der Waals surface area contributed by atoms with E-state index in [1.54, 1.807) is 103 Å². The molecule has 4 fully saturated rings. The summed E-state index contributed by atoms with van der Waals surface area (Å²) >= 11 is 0. The van der Waals surface area contributed by atoms with Crippen LogP contribution in [0.25, 0.3) is 22.3 Å². The molecule has 4 aromatic rings. The SMILES string of the molecule is COc1cccc(OC)c1C1=CC=CC(=N)/C2=C(\N)C=CC=C(c3cc(C(C)(C)C)cc(C(C)(C)C)c3)CC=C/C(N)=C(/C(N)=CC=C1)c1c3cccc1NC(=O)C1CC1C(=O)OCCCCOC(=O)C1CC1C(=O)Nc1cccc(c12)NC(=O)C1CC1C(=O)OCCCCOC(=O)C1CC1C(=O)N3. The van der Waals surface area contributed by atoms with Crippen molar-refractivity contribution in [3.63, 3.8) is 0 Å². The minimum absolute atomic E-state index is 0.0169. The molecule has 544 valence electrons. The van der Waals surface area contributed by atoms with Crippen molar-refractivity contribution in [3.05, 3.63) is 190 Å². The summed E-state index contributed by atoms with van der Waals surface area (Å²) < 4.78 is 34.5. The Labute approximate surface area is 605 Å². The summed E-state index contributed by atoms with van der Waals surface area (Å²) in [5.41, 5.74) is 27.5. The molecule has 8 atom stereocenters. The first-order valence-electron chi connectivity index (χ1n) is 35.4. The van der Waals surface area contributed by atoms with Gasteiger partial charge in [0, 0.05) is 39.4 Å². The first-order valence-corrected chi connectivity index (χ1v) is 35.4. The maximum Gasteiger partial charge on any atom is 0.309 e. The number of carbonyl (C=O) groups excluding carboxylic acids is 8. The fraction of sp³-hybridized carbons (Fsp3) is 0.378. The minimum Gasteiger partial charge on any atom is -0.496 e. The Bertz CT molecular complexity index is 4250. The number of amides is 4. The molecule has 0 radical (unpaired) electrons. The number of nitrogens with one attached hydrogen (secondary N) is 5. The van der Waals surface area contributed by atoms with Crippen molar-refractivity contribution >= 4 is 98.3 Å². The van der Waals surface area contributed by atoms with Crippen LogP contribution in [-0.4, -0.2) is 93.9 Å². The number of ether oxygens (including phenoxy) is 6. The van der Waals surface area contributed by atoms with Crippen molar-refractivity contribution in [2.45, 2.75) is 110 Å². The lowest BCUT2D eigenvalue weighted by molar-refractivity contribution is -0.148. The van der Waals surface area contributed by atoms with Gasteiger partial charge in [-0.2, -0.15) is 0 Å². The molecule has 5 aliphatic carbocycles. The van der Waals surface area contributed by atoms with Crippen molar-refractivity contribution < 1.29 is 66.8 Å². The average Bonchev–Trinajstić information content (AvgIpc) is 1.76.